The highest BCUT2D eigenvalue weighted by molar-refractivity contribution is 7.93. The number of para-hydroxylation sites is 1. The summed E-state index contributed by atoms with van der Waals surface area (Å²) in [6, 6.07) is 4.97. The Hall–Kier alpha value is -1.66. The molecule has 0 saturated heterocycles. The summed E-state index contributed by atoms with van der Waals surface area (Å²) in [6.45, 7) is 0. The zero-order chi connectivity index (χ0) is 18.3. The Kier molecular flexibility index (Phi) is 4.60. The van der Waals surface area contributed by atoms with E-state index in [-0.39, 0.29) is 0 Å². The maximum Gasteiger partial charge on any atom is 0.460 e. The lowest BCUT2D eigenvalue weighted by Gasteiger charge is -2.33. The Morgan fingerprint density at radius 1 is 0.739 bits per heavy atom. The van der Waals surface area contributed by atoms with E-state index in [0.29, 0.717) is 0 Å². The van der Waals surface area contributed by atoms with Crippen LogP contribution in [0.2, 0.25) is 0 Å². The minimum Gasteiger partial charge on any atom is -0.278 e. The van der Waals surface area contributed by atoms with Crippen LogP contribution >= 0.6 is 0 Å². The van der Waals surface area contributed by atoms with E-state index in [4.69, 9.17) is 0 Å². The Balaban J connectivity index is 3.33. The van der Waals surface area contributed by atoms with Gasteiger partial charge in [-0.05, 0) is 12.1 Å². The van der Waals surface area contributed by atoms with Crippen molar-refractivity contribution in [3.63, 3.8) is 0 Å². The van der Waals surface area contributed by atoms with Gasteiger partial charge in [0.05, 0.1) is 0 Å². The Bertz CT molecular complexity index is 655. The van der Waals surface area contributed by atoms with E-state index in [1.54, 1.807) is 0 Å². The highest BCUT2D eigenvalue weighted by Gasteiger charge is 2.85. The smallest absolute Gasteiger partial charge is 0.278 e. The van der Waals surface area contributed by atoms with Crippen LogP contribution in [0.25, 0.3) is 0 Å². The summed E-state index contributed by atoms with van der Waals surface area (Å²) in [5.41, 5.74) is -0.738. The number of sulfonamides is 1. The zero-order valence-electron chi connectivity index (χ0n) is 10.5. The van der Waals surface area contributed by atoms with Crippen LogP contribution in [0.3, 0.4) is 0 Å². The van der Waals surface area contributed by atoms with Crippen molar-refractivity contribution in [2.24, 2.45) is 0 Å². The molecule has 0 spiro atoms. The van der Waals surface area contributed by atoms with Gasteiger partial charge >= 0.3 is 33.3 Å². The normalized spacial score (nSPS) is 14.7. The topological polar surface area (TPSA) is 46.2 Å². The van der Waals surface area contributed by atoms with Crippen LogP contribution < -0.4 is 4.72 Å². The molecule has 1 aromatic carbocycles. The van der Waals surface area contributed by atoms with Crippen molar-refractivity contribution in [2.75, 3.05) is 4.72 Å². The molecule has 0 fully saturated rings. The number of alkyl halides is 9. The number of anilines is 1. The summed E-state index contributed by atoms with van der Waals surface area (Å²) in [7, 11) is -6.63. The highest BCUT2D eigenvalue weighted by atomic mass is 32.2. The van der Waals surface area contributed by atoms with E-state index >= 15 is 0 Å². The van der Waals surface area contributed by atoms with Gasteiger partial charge in [0.1, 0.15) is 0 Å². The van der Waals surface area contributed by atoms with Crippen LogP contribution in [0.5, 0.6) is 0 Å². The number of rotatable bonds is 5. The number of halogens is 9. The molecule has 132 valence electrons. The fourth-order valence-corrected chi connectivity index (χ4v) is 2.30. The van der Waals surface area contributed by atoms with E-state index in [9.17, 15) is 47.9 Å². The minimum absolute atomic E-state index is 0.738. The second-order valence-electron chi connectivity index (χ2n) is 4.13. The van der Waals surface area contributed by atoms with Crippen molar-refractivity contribution < 1.29 is 47.9 Å². The second kappa shape index (κ2) is 5.46. The molecule has 1 rings (SSSR count). The molecule has 0 heterocycles. The molecule has 13 heteroatoms. The van der Waals surface area contributed by atoms with E-state index in [0.717, 1.165) is 29.0 Å². The molecule has 1 N–H and O–H groups in total. The van der Waals surface area contributed by atoms with Crippen molar-refractivity contribution in [1.29, 1.82) is 0 Å². The first-order valence-electron chi connectivity index (χ1n) is 5.35. The molecule has 0 aliphatic heterocycles. The SMILES string of the molecule is O=S(=O)(Nc1ccccc1)C(F)(F)C(F)(F)C(F)(F)C(F)(F)F. The summed E-state index contributed by atoms with van der Waals surface area (Å²) < 4.78 is 137. The summed E-state index contributed by atoms with van der Waals surface area (Å²) in [4.78, 5) is 0. The first-order chi connectivity index (χ1) is 10.1. The van der Waals surface area contributed by atoms with Crippen LogP contribution in [0.1, 0.15) is 0 Å². The molecule has 0 amide bonds. The van der Waals surface area contributed by atoms with Crippen LogP contribution in [0, 0.1) is 0 Å². The predicted octanol–water partition coefficient (Wildman–Crippen LogP) is 3.85. The Morgan fingerprint density at radius 2 is 1.17 bits per heavy atom. The second-order valence-corrected chi connectivity index (χ2v) is 5.86. The molecular formula is C10H6F9NO2S. The Morgan fingerprint density at radius 3 is 1.57 bits per heavy atom. The first kappa shape index (κ1) is 19.4. The fourth-order valence-electron chi connectivity index (χ4n) is 1.25. The molecule has 0 atom stereocenters. The summed E-state index contributed by atoms with van der Waals surface area (Å²) in [5.74, 6) is -14.5. The third-order valence-corrected chi connectivity index (χ3v) is 3.92. The summed E-state index contributed by atoms with van der Waals surface area (Å²) in [5, 5.41) is -6.76. The lowest BCUT2D eigenvalue weighted by molar-refractivity contribution is -0.382. The molecular weight excluding hydrogens is 369 g/mol. The van der Waals surface area contributed by atoms with Gasteiger partial charge in [0, 0.05) is 5.69 Å². The van der Waals surface area contributed by atoms with Gasteiger partial charge in [-0.3, -0.25) is 4.72 Å². The lowest BCUT2D eigenvalue weighted by atomic mass is 10.1. The molecule has 0 radical (unpaired) electrons. The fraction of sp³-hybridized carbons (Fsp3) is 0.400. The van der Waals surface area contributed by atoms with Crippen molar-refractivity contribution in [3.8, 4) is 0 Å². The first-order valence-corrected chi connectivity index (χ1v) is 6.84. The monoisotopic (exact) mass is 375 g/mol. The number of benzene rings is 1. The van der Waals surface area contributed by atoms with E-state index in [2.05, 4.69) is 0 Å². The summed E-state index contributed by atoms with van der Waals surface area (Å²) >= 11 is 0. The van der Waals surface area contributed by atoms with E-state index < -0.39 is 39.0 Å². The Labute approximate surface area is 123 Å². The lowest BCUT2D eigenvalue weighted by Crippen LogP contribution is -2.64. The standard InChI is InChI=1S/C10H6F9NO2S/c11-7(12,9(15,16)17)8(13,14)10(18,19)23(21,22)20-6-4-2-1-3-5-6/h1-5,20H. The van der Waals surface area contributed by atoms with Gasteiger partial charge in [0.2, 0.25) is 0 Å². The minimum atomic E-state index is -7.28. The maximum absolute atomic E-state index is 13.3. The van der Waals surface area contributed by atoms with Crippen molar-refractivity contribution in [1.82, 2.24) is 0 Å². The average Bonchev–Trinajstić information content (AvgIpc) is 2.37. The van der Waals surface area contributed by atoms with Gasteiger partial charge in [0.15, 0.2) is 0 Å². The van der Waals surface area contributed by atoms with Crippen LogP contribution in [0.15, 0.2) is 30.3 Å². The summed E-state index contributed by atoms with van der Waals surface area (Å²) in [6.07, 6.45) is -7.10. The van der Waals surface area contributed by atoms with Crippen molar-refractivity contribution in [2.45, 2.75) is 23.3 Å². The van der Waals surface area contributed by atoms with Gasteiger partial charge in [-0.2, -0.15) is 47.9 Å². The molecule has 0 saturated carbocycles. The van der Waals surface area contributed by atoms with E-state index in [1.165, 1.54) is 6.07 Å². The third-order valence-electron chi connectivity index (χ3n) is 2.48. The predicted molar refractivity (Wildman–Crippen MR) is 59.9 cm³/mol. The quantitative estimate of drug-likeness (QED) is 0.795. The van der Waals surface area contributed by atoms with Gasteiger partial charge in [-0.15, -0.1) is 0 Å². The molecule has 0 aromatic heterocycles. The molecule has 3 nitrogen and oxygen atoms in total. The molecule has 0 unspecified atom stereocenters. The van der Waals surface area contributed by atoms with Gasteiger partial charge in [-0.1, -0.05) is 18.2 Å². The molecule has 23 heavy (non-hydrogen) atoms. The van der Waals surface area contributed by atoms with Crippen LogP contribution in [-0.4, -0.2) is 31.7 Å². The van der Waals surface area contributed by atoms with E-state index in [1.807, 2.05) is 0 Å². The third kappa shape index (κ3) is 3.05. The number of nitrogens with one attached hydrogen (secondary N) is 1. The van der Waals surface area contributed by atoms with Gasteiger partial charge in [0.25, 0.3) is 0 Å². The maximum atomic E-state index is 13.3. The molecule has 0 aliphatic rings. The van der Waals surface area contributed by atoms with Crippen molar-refractivity contribution >= 4 is 15.7 Å². The van der Waals surface area contributed by atoms with Gasteiger partial charge < -0.3 is 0 Å². The van der Waals surface area contributed by atoms with Crippen LogP contribution in [0.4, 0.5) is 45.2 Å². The molecule has 1 aromatic rings. The van der Waals surface area contributed by atoms with Crippen LogP contribution in [-0.2, 0) is 10.0 Å². The van der Waals surface area contributed by atoms with Crippen molar-refractivity contribution in [3.05, 3.63) is 30.3 Å². The highest BCUT2D eigenvalue weighted by Crippen LogP contribution is 2.54. The zero-order valence-corrected chi connectivity index (χ0v) is 11.3. The number of hydrogen-bond donors (Lipinski definition) is 1. The molecule has 0 bridgehead atoms. The van der Waals surface area contributed by atoms with Gasteiger partial charge in [-0.25, -0.2) is 0 Å². The largest absolute Gasteiger partial charge is 0.460 e. The average molecular weight is 375 g/mol. The number of hydrogen-bond acceptors (Lipinski definition) is 2. The molecule has 0 aliphatic carbocycles.